The maximum Gasteiger partial charge on any atom is 0.196 e. The van der Waals surface area contributed by atoms with Gasteiger partial charge in [0.05, 0.1) is 6.07 Å². The van der Waals surface area contributed by atoms with E-state index in [1.165, 1.54) is 23.9 Å². The molecule has 0 radical (unpaired) electrons. The van der Waals surface area contributed by atoms with E-state index in [2.05, 4.69) is 16.3 Å². The number of thioether (sulfide) groups is 1. The summed E-state index contributed by atoms with van der Waals surface area (Å²) in [4.78, 5) is 0. The molecule has 0 atom stereocenters. The van der Waals surface area contributed by atoms with Crippen LogP contribution in [0.1, 0.15) is 6.42 Å². The highest BCUT2D eigenvalue weighted by atomic mass is 32.2. The van der Waals surface area contributed by atoms with E-state index in [9.17, 15) is 4.39 Å². The van der Waals surface area contributed by atoms with Gasteiger partial charge in [-0.3, -0.25) is 4.57 Å². The lowest BCUT2D eigenvalue weighted by atomic mass is 10.2. The van der Waals surface area contributed by atoms with E-state index in [4.69, 9.17) is 5.26 Å². The molecule has 0 aliphatic carbocycles. The summed E-state index contributed by atoms with van der Waals surface area (Å²) in [6.07, 6.45) is 0.443. The predicted molar refractivity (Wildman–Crippen MR) is 87.7 cm³/mol. The molecule has 0 spiro atoms. The van der Waals surface area contributed by atoms with E-state index in [1.54, 1.807) is 12.1 Å². The molecule has 0 N–H and O–H groups in total. The Labute approximate surface area is 137 Å². The summed E-state index contributed by atoms with van der Waals surface area (Å²) in [5.41, 5.74) is 1.71. The Morgan fingerprint density at radius 2 is 1.78 bits per heavy atom. The fraction of sp³-hybridized carbons (Fsp3) is 0.118. The molecule has 0 aliphatic rings. The Morgan fingerprint density at radius 1 is 1.04 bits per heavy atom. The van der Waals surface area contributed by atoms with Gasteiger partial charge < -0.3 is 0 Å². The lowest BCUT2D eigenvalue weighted by Crippen LogP contribution is -1.99. The SMILES string of the molecule is N#CCCSc1nnc(-c2ccc(F)cc2)n1-c1ccccc1. The predicted octanol–water partition coefficient (Wildman–Crippen LogP) is 4.08. The first-order chi connectivity index (χ1) is 11.3. The molecule has 0 unspecified atom stereocenters. The second-order valence-electron chi connectivity index (χ2n) is 4.74. The number of rotatable bonds is 5. The molecule has 4 nitrogen and oxygen atoms in total. The Kier molecular flexibility index (Phi) is 4.69. The summed E-state index contributed by atoms with van der Waals surface area (Å²) in [5.74, 6) is 1.00. The molecule has 0 fully saturated rings. The zero-order chi connectivity index (χ0) is 16.1. The van der Waals surface area contributed by atoms with Crippen LogP contribution < -0.4 is 0 Å². The van der Waals surface area contributed by atoms with Gasteiger partial charge in [-0.15, -0.1) is 10.2 Å². The second-order valence-corrected chi connectivity index (χ2v) is 5.80. The van der Waals surface area contributed by atoms with Crippen molar-refractivity contribution in [3.63, 3.8) is 0 Å². The molecule has 3 aromatic rings. The summed E-state index contributed by atoms with van der Waals surface area (Å²) < 4.78 is 15.1. The number of nitrogens with zero attached hydrogens (tertiary/aromatic N) is 4. The lowest BCUT2D eigenvalue weighted by molar-refractivity contribution is 0.628. The van der Waals surface area contributed by atoms with Crippen molar-refractivity contribution in [2.24, 2.45) is 0 Å². The number of aromatic nitrogens is 3. The van der Waals surface area contributed by atoms with E-state index in [0.29, 0.717) is 23.2 Å². The van der Waals surface area contributed by atoms with Crippen LogP contribution in [-0.2, 0) is 0 Å². The average Bonchev–Trinajstić information content (AvgIpc) is 3.00. The standard InChI is InChI=1S/C17H13FN4S/c18-14-9-7-13(8-10-14)16-20-21-17(23-12-4-11-19)22(16)15-5-2-1-3-6-15/h1-3,5-10H,4,12H2. The van der Waals surface area contributed by atoms with Crippen molar-refractivity contribution in [3.05, 3.63) is 60.4 Å². The molecule has 23 heavy (non-hydrogen) atoms. The highest BCUT2D eigenvalue weighted by molar-refractivity contribution is 7.99. The molecular weight excluding hydrogens is 311 g/mol. The molecule has 0 bridgehead atoms. The van der Waals surface area contributed by atoms with Crippen LogP contribution in [0.3, 0.4) is 0 Å². The molecule has 0 saturated heterocycles. The molecule has 0 amide bonds. The van der Waals surface area contributed by atoms with Crippen molar-refractivity contribution in [3.8, 4) is 23.1 Å². The number of para-hydroxylation sites is 1. The number of nitriles is 1. The molecule has 2 aromatic carbocycles. The Bertz CT molecular complexity index is 822. The van der Waals surface area contributed by atoms with E-state index < -0.39 is 0 Å². The number of benzene rings is 2. The average molecular weight is 324 g/mol. The summed E-state index contributed by atoms with van der Waals surface area (Å²) in [6.45, 7) is 0. The van der Waals surface area contributed by atoms with Gasteiger partial charge in [0.25, 0.3) is 0 Å². The van der Waals surface area contributed by atoms with E-state index in [-0.39, 0.29) is 5.82 Å². The zero-order valence-electron chi connectivity index (χ0n) is 12.2. The molecule has 3 rings (SSSR count). The van der Waals surface area contributed by atoms with Gasteiger partial charge in [-0.05, 0) is 36.4 Å². The molecule has 0 saturated carbocycles. The van der Waals surface area contributed by atoms with Crippen molar-refractivity contribution in [2.45, 2.75) is 11.6 Å². The maximum atomic E-state index is 13.2. The van der Waals surface area contributed by atoms with Gasteiger partial charge in [-0.2, -0.15) is 5.26 Å². The van der Waals surface area contributed by atoms with Crippen LogP contribution in [0.25, 0.3) is 17.1 Å². The first-order valence-electron chi connectivity index (χ1n) is 7.06. The van der Waals surface area contributed by atoms with Crippen molar-refractivity contribution < 1.29 is 4.39 Å². The Balaban J connectivity index is 2.06. The fourth-order valence-electron chi connectivity index (χ4n) is 2.15. The quantitative estimate of drug-likeness (QED) is 0.524. The van der Waals surface area contributed by atoms with Gasteiger partial charge >= 0.3 is 0 Å². The van der Waals surface area contributed by atoms with Gasteiger partial charge in [-0.1, -0.05) is 30.0 Å². The van der Waals surface area contributed by atoms with Crippen LogP contribution in [0.4, 0.5) is 4.39 Å². The summed E-state index contributed by atoms with van der Waals surface area (Å²) >= 11 is 1.48. The van der Waals surface area contributed by atoms with E-state index in [0.717, 1.165) is 11.3 Å². The van der Waals surface area contributed by atoms with Gasteiger partial charge in [0.1, 0.15) is 5.82 Å². The summed E-state index contributed by atoms with van der Waals surface area (Å²) in [5, 5.41) is 17.9. The Hall–Kier alpha value is -2.65. The van der Waals surface area contributed by atoms with Gasteiger partial charge in [0.15, 0.2) is 11.0 Å². The smallest absolute Gasteiger partial charge is 0.196 e. The highest BCUT2D eigenvalue weighted by Gasteiger charge is 2.15. The minimum absolute atomic E-state index is 0.289. The van der Waals surface area contributed by atoms with Crippen LogP contribution in [0.5, 0.6) is 0 Å². The third-order valence-corrected chi connectivity index (χ3v) is 4.13. The topological polar surface area (TPSA) is 54.5 Å². The number of halogens is 1. The van der Waals surface area contributed by atoms with Crippen LogP contribution in [0.15, 0.2) is 59.8 Å². The first-order valence-corrected chi connectivity index (χ1v) is 8.04. The van der Waals surface area contributed by atoms with Crippen molar-refractivity contribution >= 4 is 11.8 Å². The minimum Gasteiger partial charge on any atom is -0.270 e. The Morgan fingerprint density at radius 3 is 2.48 bits per heavy atom. The summed E-state index contributed by atoms with van der Waals surface area (Å²) in [7, 11) is 0. The molecular formula is C17H13FN4S. The highest BCUT2D eigenvalue weighted by Crippen LogP contribution is 2.28. The second kappa shape index (κ2) is 7.07. The fourth-order valence-corrected chi connectivity index (χ4v) is 2.94. The third-order valence-electron chi connectivity index (χ3n) is 3.20. The summed E-state index contributed by atoms with van der Waals surface area (Å²) in [6, 6.07) is 18.0. The van der Waals surface area contributed by atoms with Crippen LogP contribution in [0.2, 0.25) is 0 Å². The van der Waals surface area contributed by atoms with Crippen LogP contribution in [-0.4, -0.2) is 20.5 Å². The zero-order valence-corrected chi connectivity index (χ0v) is 13.0. The molecule has 114 valence electrons. The monoisotopic (exact) mass is 324 g/mol. The van der Waals surface area contributed by atoms with Gasteiger partial charge in [0.2, 0.25) is 0 Å². The normalized spacial score (nSPS) is 10.4. The van der Waals surface area contributed by atoms with E-state index >= 15 is 0 Å². The number of hydrogen-bond donors (Lipinski definition) is 0. The van der Waals surface area contributed by atoms with Crippen LogP contribution >= 0.6 is 11.8 Å². The third kappa shape index (κ3) is 3.41. The lowest BCUT2D eigenvalue weighted by Gasteiger charge is -2.09. The first kappa shape index (κ1) is 15.3. The van der Waals surface area contributed by atoms with E-state index in [1.807, 2.05) is 34.9 Å². The molecule has 0 aliphatic heterocycles. The number of hydrogen-bond acceptors (Lipinski definition) is 4. The van der Waals surface area contributed by atoms with Gasteiger partial charge in [0, 0.05) is 23.4 Å². The largest absolute Gasteiger partial charge is 0.270 e. The molecule has 1 heterocycles. The molecule has 6 heteroatoms. The minimum atomic E-state index is -0.289. The van der Waals surface area contributed by atoms with Gasteiger partial charge in [-0.25, -0.2) is 4.39 Å². The van der Waals surface area contributed by atoms with Crippen molar-refractivity contribution in [2.75, 3.05) is 5.75 Å². The molecule has 1 aromatic heterocycles. The van der Waals surface area contributed by atoms with Crippen LogP contribution in [0, 0.1) is 17.1 Å². The van der Waals surface area contributed by atoms with Crippen molar-refractivity contribution in [1.82, 2.24) is 14.8 Å². The van der Waals surface area contributed by atoms with Crippen molar-refractivity contribution in [1.29, 1.82) is 5.26 Å². The maximum absolute atomic E-state index is 13.2.